The lowest BCUT2D eigenvalue weighted by Crippen LogP contribution is -2.47. The summed E-state index contributed by atoms with van der Waals surface area (Å²) < 4.78 is 4.93. The maximum absolute atomic E-state index is 12.3. The van der Waals surface area contributed by atoms with Crippen LogP contribution in [0.2, 0.25) is 0 Å². The SMILES string of the molecule is COCCNC(=O)C1CSC(c2ccc(C)cc2)N1C(C)=O. The molecule has 5 nitrogen and oxygen atoms in total. The van der Waals surface area contributed by atoms with Gasteiger partial charge in [-0.15, -0.1) is 11.8 Å². The molecule has 0 radical (unpaired) electrons. The number of carbonyl (C=O) groups is 2. The minimum absolute atomic E-state index is 0.0810. The third-order valence-corrected chi connectivity index (χ3v) is 4.96. The molecular formula is C16H22N2O3S. The van der Waals surface area contributed by atoms with Crippen LogP contribution in [0.4, 0.5) is 0 Å². The Kier molecular flexibility index (Phi) is 5.85. The first-order valence-corrected chi connectivity index (χ1v) is 8.33. The summed E-state index contributed by atoms with van der Waals surface area (Å²) >= 11 is 1.63. The second-order valence-electron chi connectivity index (χ2n) is 5.32. The molecule has 1 aromatic rings. The molecule has 0 aromatic heterocycles. The number of rotatable bonds is 5. The number of nitrogens with zero attached hydrogens (tertiary/aromatic N) is 1. The summed E-state index contributed by atoms with van der Waals surface area (Å²) in [7, 11) is 1.59. The molecule has 1 fully saturated rings. The first-order valence-electron chi connectivity index (χ1n) is 7.28. The van der Waals surface area contributed by atoms with Crippen molar-refractivity contribution < 1.29 is 14.3 Å². The highest BCUT2D eigenvalue weighted by molar-refractivity contribution is 7.99. The Bertz CT molecular complexity index is 533. The summed E-state index contributed by atoms with van der Waals surface area (Å²) in [5, 5.41) is 2.72. The highest BCUT2D eigenvalue weighted by atomic mass is 32.2. The van der Waals surface area contributed by atoms with Crippen molar-refractivity contribution in [1.29, 1.82) is 0 Å². The van der Waals surface area contributed by atoms with E-state index in [1.165, 1.54) is 12.5 Å². The van der Waals surface area contributed by atoms with Gasteiger partial charge in [0.05, 0.1) is 6.61 Å². The van der Waals surface area contributed by atoms with E-state index < -0.39 is 6.04 Å². The smallest absolute Gasteiger partial charge is 0.243 e. The van der Waals surface area contributed by atoms with Gasteiger partial charge >= 0.3 is 0 Å². The van der Waals surface area contributed by atoms with Gasteiger partial charge in [-0.2, -0.15) is 0 Å². The second kappa shape index (κ2) is 7.65. The molecule has 2 amide bonds. The van der Waals surface area contributed by atoms with Crippen molar-refractivity contribution in [2.45, 2.75) is 25.3 Å². The maximum atomic E-state index is 12.3. The van der Waals surface area contributed by atoms with Gasteiger partial charge in [-0.25, -0.2) is 0 Å². The Morgan fingerprint density at radius 3 is 2.64 bits per heavy atom. The summed E-state index contributed by atoms with van der Waals surface area (Å²) in [4.78, 5) is 26.0. The second-order valence-corrected chi connectivity index (χ2v) is 6.44. The number of hydrogen-bond donors (Lipinski definition) is 1. The van der Waals surface area contributed by atoms with Gasteiger partial charge in [-0.05, 0) is 12.5 Å². The average molecular weight is 322 g/mol. The molecule has 0 spiro atoms. The van der Waals surface area contributed by atoms with Crippen molar-refractivity contribution in [2.75, 3.05) is 26.0 Å². The number of aryl methyl sites for hydroxylation is 1. The molecule has 0 aliphatic carbocycles. The van der Waals surface area contributed by atoms with E-state index >= 15 is 0 Å². The van der Waals surface area contributed by atoms with E-state index in [-0.39, 0.29) is 17.2 Å². The predicted molar refractivity (Wildman–Crippen MR) is 87.6 cm³/mol. The third kappa shape index (κ3) is 3.81. The van der Waals surface area contributed by atoms with Crippen molar-refractivity contribution in [3.05, 3.63) is 35.4 Å². The summed E-state index contributed by atoms with van der Waals surface area (Å²) in [5.74, 6) is 0.411. The van der Waals surface area contributed by atoms with Crippen LogP contribution in [0.3, 0.4) is 0 Å². The molecule has 22 heavy (non-hydrogen) atoms. The summed E-state index contributed by atoms with van der Waals surface area (Å²) in [6.07, 6.45) is 0. The number of ether oxygens (including phenoxy) is 1. The zero-order chi connectivity index (χ0) is 16.1. The maximum Gasteiger partial charge on any atom is 0.243 e. The lowest BCUT2D eigenvalue weighted by atomic mass is 10.1. The number of amides is 2. The lowest BCUT2D eigenvalue weighted by Gasteiger charge is -2.28. The van der Waals surface area contributed by atoms with Gasteiger partial charge in [0.1, 0.15) is 11.4 Å². The van der Waals surface area contributed by atoms with E-state index in [2.05, 4.69) is 5.32 Å². The van der Waals surface area contributed by atoms with Crippen molar-refractivity contribution in [3.8, 4) is 0 Å². The van der Waals surface area contributed by atoms with Gasteiger partial charge in [-0.3, -0.25) is 9.59 Å². The third-order valence-electron chi connectivity index (χ3n) is 3.63. The van der Waals surface area contributed by atoms with Crippen molar-refractivity contribution >= 4 is 23.6 Å². The van der Waals surface area contributed by atoms with Gasteiger partial charge in [0, 0.05) is 26.3 Å². The van der Waals surface area contributed by atoms with Crippen LogP contribution in [0, 0.1) is 6.92 Å². The van der Waals surface area contributed by atoms with Crippen LogP contribution in [0.15, 0.2) is 24.3 Å². The predicted octanol–water partition coefficient (Wildman–Crippen LogP) is 1.72. The molecule has 1 N–H and O–H groups in total. The fourth-order valence-corrected chi connectivity index (χ4v) is 3.96. The fraction of sp³-hybridized carbons (Fsp3) is 0.500. The molecule has 2 atom stereocenters. The van der Waals surface area contributed by atoms with Crippen LogP contribution in [0.5, 0.6) is 0 Å². The van der Waals surface area contributed by atoms with Crippen LogP contribution in [-0.4, -0.2) is 48.8 Å². The normalized spacial score (nSPS) is 21.0. The molecule has 2 unspecified atom stereocenters. The molecule has 1 heterocycles. The topological polar surface area (TPSA) is 58.6 Å². The summed E-state index contributed by atoms with van der Waals surface area (Å²) in [6, 6.07) is 7.67. The quantitative estimate of drug-likeness (QED) is 0.839. The van der Waals surface area contributed by atoms with Crippen molar-refractivity contribution in [3.63, 3.8) is 0 Å². The zero-order valence-electron chi connectivity index (χ0n) is 13.2. The minimum atomic E-state index is -0.425. The Morgan fingerprint density at radius 2 is 2.05 bits per heavy atom. The first-order chi connectivity index (χ1) is 10.5. The van der Waals surface area contributed by atoms with Crippen LogP contribution in [0.1, 0.15) is 23.4 Å². The molecule has 1 saturated heterocycles. The minimum Gasteiger partial charge on any atom is -0.383 e. The number of methoxy groups -OCH3 is 1. The van der Waals surface area contributed by atoms with Crippen LogP contribution < -0.4 is 5.32 Å². The molecule has 1 aromatic carbocycles. The van der Waals surface area contributed by atoms with Gasteiger partial charge in [0.15, 0.2) is 0 Å². The van der Waals surface area contributed by atoms with Crippen LogP contribution in [0.25, 0.3) is 0 Å². The van der Waals surface area contributed by atoms with E-state index in [9.17, 15) is 9.59 Å². The number of benzene rings is 1. The summed E-state index contributed by atoms with van der Waals surface area (Å²) in [5.41, 5.74) is 2.23. The van der Waals surface area contributed by atoms with E-state index in [0.717, 1.165) is 5.56 Å². The van der Waals surface area contributed by atoms with E-state index in [4.69, 9.17) is 4.74 Å². The van der Waals surface area contributed by atoms with Crippen LogP contribution >= 0.6 is 11.8 Å². The van der Waals surface area contributed by atoms with E-state index in [0.29, 0.717) is 18.9 Å². The number of nitrogens with one attached hydrogen (secondary N) is 1. The Hall–Kier alpha value is -1.53. The molecule has 6 heteroatoms. The Morgan fingerprint density at radius 1 is 1.36 bits per heavy atom. The Balaban J connectivity index is 2.12. The molecule has 0 saturated carbocycles. The molecule has 1 aliphatic rings. The van der Waals surface area contributed by atoms with Crippen molar-refractivity contribution in [1.82, 2.24) is 10.2 Å². The molecule has 1 aliphatic heterocycles. The van der Waals surface area contributed by atoms with E-state index in [1.54, 1.807) is 23.8 Å². The highest BCUT2D eigenvalue weighted by Gasteiger charge is 2.40. The summed E-state index contributed by atoms with van der Waals surface area (Å²) in [6.45, 7) is 4.47. The highest BCUT2D eigenvalue weighted by Crippen LogP contribution is 2.41. The van der Waals surface area contributed by atoms with E-state index in [1.807, 2.05) is 31.2 Å². The number of thioether (sulfide) groups is 1. The van der Waals surface area contributed by atoms with Crippen molar-refractivity contribution in [2.24, 2.45) is 0 Å². The molecule has 0 bridgehead atoms. The number of carbonyl (C=O) groups excluding carboxylic acids is 2. The molecule has 120 valence electrons. The Labute approximate surface area is 135 Å². The van der Waals surface area contributed by atoms with Gasteiger partial charge < -0.3 is 15.0 Å². The largest absolute Gasteiger partial charge is 0.383 e. The lowest BCUT2D eigenvalue weighted by molar-refractivity contribution is -0.138. The number of hydrogen-bond acceptors (Lipinski definition) is 4. The monoisotopic (exact) mass is 322 g/mol. The molecular weight excluding hydrogens is 300 g/mol. The zero-order valence-corrected chi connectivity index (χ0v) is 14.0. The molecule has 2 rings (SSSR count). The fourth-order valence-electron chi connectivity index (χ4n) is 2.47. The van der Waals surface area contributed by atoms with Gasteiger partial charge in [0.25, 0.3) is 0 Å². The first kappa shape index (κ1) is 16.8. The average Bonchev–Trinajstić information content (AvgIpc) is 2.93. The van der Waals surface area contributed by atoms with Crippen LogP contribution in [-0.2, 0) is 14.3 Å². The standard InChI is InChI=1S/C16H22N2O3S/c1-11-4-6-13(7-5-11)16-18(12(2)19)14(10-22-16)15(20)17-8-9-21-3/h4-7,14,16H,8-10H2,1-3H3,(H,17,20). The van der Waals surface area contributed by atoms with Gasteiger partial charge in [-0.1, -0.05) is 29.8 Å². The van der Waals surface area contributed by atoms with Gasteiger partial charge in [0.2, 0.25) is 11.8 Å².